The van der Waals surface area contributed by atoms with Gasteiger partial charge in [-0.15, -0.1) is 5.10 Å². The van der Waals surface area contributed by atoms with Gasteiger partial charge in [-0.2, -0.15) is 5.10 Å². The van der Waals surface area contributed by atoms with Gasteiger partial charge in [-0.05, 0) is 44.7 Å². The van der Waals surface area contributed by atoms with Crippen LogP contribution in [0.25, 0.3) is 0 Å². The van der Waals surface area contributed by atoms with Crippen molar-refractivity contribution in [3.8, 4) is 0 Å². The summed E-state index contributed by atoms with van der Waals surface area (Å²) in [5, 5.41) is 11.7. The Labute approximate surface area is 122 Å². The van der Waals surface area contributed by atoms with Crippen LogP contribution in [0.5, 0.6) is 0 Å². The Morgan fingerprint density at radius 1 is 1.10 bits per heavy atom. The molecule has 112 valence electrons. The van der Waals surface area contributed by atoms with Crippen LogP contribution < -0.4 is 5.32 Å². The third kappa shape index (κ3) is 4.13. The molecule has 0 aromatic carbocycles. The molecule has 20 heavy (non-hydrogen) atoms. The Morgan fingerprint density at radius 2 is 1.80 bits per heavy atom. The number of aromatic nitrogens is 3. The van der Waals surface area contributed by atoms with Gasteiger partial charge >= 0.3 is 0 Å². The zero-order valence-corrected chi connectivity index (χ0v) is 13.0. The lowest BCUT2D eigenvalue weighted by atomic mass is 9.99. The van der Waals surface area contributed by atoms with E-state index in [2.05, 4.69) is 46.2 Å². The Bertz CT molecular complexity index is 413. The Kier molecular flexibility index (Phi) is 5.71. The predicted octanol–water partition coefficient (Wildman–Crippen LogP) is 2.14. The summed E-state index contributed by atoms with van der Waals surface area (Å²) in [7, 11) is 0. The molecule has 1 fully saturated rings. The molecule has 0 saturated carbocycles. The zero-order valence-electron chi connectivity index (χ0n) is 13.0. The maximum absolute atomic E-state index is 4.55. The lowest BCUT2D eigenvalue weighted by Gasteiger charge is -2.30. The van der Waals surface area contributed by atoms with Crippen LogP contribution in [0.3, 0.4) is 0 Å². The minimum Gasteiger partial charge on any atom is -0.352 e. The summed E-state index contributed by atoms with van der Waals surface area (Å²) in [6.07, 6.45) is 4.46. The highest BCUT2D eigenvalue weighted by Gasteiger charge is 2.15. The van der Waals surface area contributed by atoms with Gasteiger partial charge in [0, 0.05) is 13.1 Å². The van der Waals surface area contributed by atoms with E-state index in [1.54, 1.807) is 0 Å². The number of nitrogens with one attached hydrogen (secondary N) is 1. The van der Waals surface area contributed by atoms with Crippen molar-refractivity contribution in [2.75, 3.05) is 31.5 Å². The second kappa shape index (κ2) is 7.53. The molecule has 2 heterocycles. The normalized spacial score (nSPS) is 17.4. The minimum absolute atomic E-state index is 0.671. The lowest BCUT2D eigenvalue weighted by molar-refractivity contribution is 0.199. The molecule has 1 saturated heterocycles. The average molecular weight is 277 g/mol. The monoisotopic (exact) mass is 277 g/mol. The van der Waals surface area contributed by atoms with Gasteiger partial charge in [0.1, 0.15) is 0 Å². The van der Waals surface area contributed by atoms with Crippen molar-refractivity contribution in [1.29, 1.82) is 0 Å². The fourth-order valence-corrected chi connectivity index (χ4v) is 2.62. The van der Waals surface area contributed by atoms with Crippen molar-refractivity contribution >= 4 is 5.95 Å². The maximum atomic E-state index is 4.55. The van der Waals surface area contributed by atoms with Crippen LogP contribution in [0.1, 0.15) is 45.0 Å². The zero-order chi connectivity index (χ0) is 14.4. The molecule has 0 atom stereocenters. The first-order valence-corrected chi connectivity index (χ1v) is 7.91. The first kappa shape index (κ1) is 15.2. The van der Waals surface area contributed by atoms with Crippen LogP contribution >= 0.6 is 0 Å². The SMILES string of the molecule is CCc1nnc(NCCN2CCC(C)CC2)nc1CC. The van der Waals surface area contributed by atoms with Gasteiger partial charge in [0.25, 0.3) is 0 Å². The highest BCUT2D eigenvalue weighted by molar-refractivity contribution is 5.25. The molecule has 1 N–H and O–H groups in total. The van der Waals surface area contributed by atoms with Crippen molar-refractivity contribution in [2.24, 2.45) is 5.92 Å². The molecular weight excluding hydrogens is 250 g/mol. The van der Waals surface area contributed by atoms with Crippen LogP contribution in [0.15, 0.2) is 0 Å². The van der Waals surface area contributed by atoms with E-state index in [1.807, 2.05) is 0 Å². The number of likely N-dealkylation sites (tertiary alicyclic amines) is 1. The van der Waals surface area contributed by atoms with Crippen LogP contribution in [0.2, 0.25) is 0 Å². The van der Waals surface area contributed by atoms with Crippen LogP contribution in [0, 0.1) is 5.92 Å². The van der Waals surface area contributed by atoms with Gasteiger partial charge < -0.3 is 10.2 Å². The highest BCUT2D eigenvalue weighted by atomic mass is 15.2. The van der Waals surface area contributed by atoms with E-state index in [0.29, 0.717) is 5.95 Å². The first-order valence-electron chi connectivity index (χ1n) is 7.91. The van der Waals surface area contributed by atoms with Gasteiger partial charge in [0.2, 0.25) is 5.95 Å². The third-order valence-electron chi connectivity index (χ3n) is 4.10. The molecule has 0 aliphatic carbocycles. The van der Waals surface area contributed by atoms with Gasteiger partial charge in [-0.25, -0.2) is 4.98 Å². The fourth-order valence-electron chi connectivity index (χ4n) is 2.62. The van der Waals surface area contributed by atoms with E-state index < -0.39 is 0 Å². The lowest BCUT2D eigenvalue weighted by Crippen LogP contribution is -2.36. The summed E-state index contributed by atoms with van der Waals surface area (Å²) in [5.41, 5.74) is 2.08. The third-order valence-corrected chi connectivity index (χ3v) is 4.10. The Hall–Kier alpha value is -1.23. The summed E-state index contributed by atoms with van der Waals surface area (Å²) < 4.78 is 0. The molecule has 0 radical (unpaired) electrons. The topological polar surface area (TPSA) is 53.9 Å². The second-order valence-corrected chi connectivity index (χ2v) is 5.69. The Balaban J connectivity index is 1.79. The molecule has 1 aliphatic rings. The fraction of sp³-hybridized carbons (Fsp3) is 0.800. The number of piperidine rings is 1. The quantitative estimate of drug-likeness (QED) is 0.863. The van der Waals surface area contributed by atoms with E-state index in [0.717, 1.165) is 43.2 Å². The second-order valence-electron chi connectivity index (χ2n) is 5.69. The van der Waals surface area contributed by atoms with E-state index in [-0.39, 0.29) is 0 Å². The van der Waals surface area contributed by atoms with Crippen LogP contribution in [0.4, 0.5) is 5.95 Å². The number of aryl methyl sites for hydroxylation is 2. The van der Waals surface area contributed by atoms with Crippen molar-refractivity contribution in [3.05, 3.63) is 11.4 Å². The molecule has 0 bridgehead atoms. The molecule has 0 amide bonds. The smallest absolute Gasteiger partial charge is 0.243 e. The molecule has 0 unspecified atom stereocenters. The Morgan fingerprint density at radius 3 is 2.45 bits per heavy atom. The molecule has 2 rings (SSSR count). The number of hydrogen-bond acceptors (Lipinski definition) is 5. The minimum atomic E-state index is 0.671. The predicted molar refractivity (Wildman–Crippen MR) is 81.9 cm³/mol. The average Bonchev–Trinajstić information content (AvgIpc) is 2.49. The van der Waals surface area contributed by atoms with Crippen molar-refractivity contribution < 1.29 is 0 Å². The largest absolute Gasteiger partial charge is 0.352 e. The molecule has 0 spiro atoms. The van der Waals surface area contributed by atoms with E-state index >= 15 is 0 Å². The number of nitrogens with zero attached hydrogens (tertiary/aromatic N) is 4. The van der Waals surface area contributed by atoms with E-state index in [1.165, 1.54) is 25.9 Å². The number of anilines is 1. The summed E-state index contributed by atoms with van der Waals surface area (Å²) >= 11 is 0. The van der Waals surface area contributed by atoms with Crippen molar-refractivity contribution in [3.63, 3.8) is 0 Å². The van der Waals surface area contributed by atoms with Gasteiger partial charge in [-0.3, -0.25) is 0 Å². The standard InChI is InChI=1S/C15H27N5/c1-4-13-14(5-2)18-19-15(17-13)16-8-11-20-9-6-12(3)7-10-20/h12H,4-11H2,1-3H3,(H,16,17,19). The molecule has 5 nitrogen and oxygen atoms in total. The molecular formula is C15H27N5. The van der Waals surface area contributed by atoms with Gasteiger partial charge in [0.15, 0.2) is 0 Å². The first-order chi connectivity index (χ1) is 9.72. The van der Waals surface area contributed by atoms with E-state index in [9.17, 15) is 0 Å². The number of rotatable bonds is 6. The van der Waals surface area contributed by atoms with E-state index in [4.69, 9.17) is 0 Å². The van der Waals surface area contributed by atoms with Crippen molar-refractivity contribution in [1.82, 2.24) is 20.1 Å². The summed E-state index contributed by atoms with van der Waals surface area (Å²) in [6, 6.07) is 0. The van der Waals surface area contributed by atoms with Gasteiger partial charge in [0.05, 0.1) is 11.4 Å². The number of hydrogen-bond donors (Lipinski definition) is 1. The summed E-state index contributed by atoms with van der Waals surface area (Å²) in [6.45, 7) is 10.9. The summed E-state index contributed by atoms with van der Waals surface area (Å²) in [5.74, 6) is 1.56. The molecule has 1 aliphatic heterocycles. The van der Waals surface area contributed by atoms with Gasteiger partial charge in [-0.1, -0.05) is 20.8 Å². The summed E-state index contributed by atoms with van der Waals surface area (Å²) in [4.78, 5) is 7.07. The van der Waals surface area contributed by atoms with Crippen LogP contribution in [-0.2, 0) is 12.8 Å². The molecule has 5 heteroatoms. The van der Waals surface area contributed by atoms with Crippen LogP contribution in [-0.4, -0.2) is 46.3 Å². The molecule has 1 aromatic rings. The van der Waals surface area contributed by atoms with Crippen molar-refractivity contribution in [2.45, 2.75) is 46.5 Å². The maximum Gasteiger partial charge on any atom is 0.243 e. The molecule has 1 aromatic heterocycles. The highest BCUT2D eigenvalue weighted by Crippen LogP contribution is 2.15.